The summed E-state index contributed by atoms with van der Waals surface area (Å²) in [5.74, 6) is -1.47. The van der Waals surface area contributed by atoms with E-state index in [1.165, 1.54) is 31.4 Å². The third-order valence-electron chi connectivity index (χ3n) is 7.42. The van der Waals surface area contributed by atoms with E-state index < -0.39 is 23.9 Å². The molecule has 9 heteroatoms. The van der Waals surface area contributed by atoms with Crippen molar-refractivity contribution < 1.29 is 33.8 Å². The third kappa shape index (κ3) is 11.5. The molecule has 3 N–H and O–H groups in total. The SMILES string of the molecule is CCCCCCCOc1ccc(C(=O)Oc2ccc(CC(NC(=O)c3ccc(NC(=O)Cc4ccccc4)cc3)C(=O)O)cc2)cc1. The molecular formula is C38H40N2O7. The number of carboxylic acids is 1. The summed E-state index contributed by atoms with van der Waals surface area (Å²) >= 11 is 0. The minimum absolute atomic E-state index is 0.0169. The summed E-state index contributed by atoms with van der Waals surface area (Å²) in [6.45, 7) is 2.82. The van der Waals surface area contributed by atoms with Crippen molar-refractivity contribution in [3.05, 3.63) is 125 Å². The Hall–Kier alpha value is -5.44. The number of esters is 1. The lowest BCUT2D eigenvalue weighted by Gasteiger charge is -2.15. The third-order valence-corrected chi connectivity index (χ3v) is 7.42. The van der Waals surface area contributed by atoms with Gasteiger partial charge in [-0.1, -0.05) is 75.1 Å². The number of carbonyl (C=O) groups excluding carboxylic acids is 3. The zero-order valence-corrected chi connectivity index (χ0v) is 26.4. The van der Waals surface area contributed by atoms with Crippen LogP contribution >= 0.6 is 0 Å². The number of anilines is 1. The Morgan fingerprint density at radius 3 is 2.00 bits per heavy atom. The van der Waals surface area contributed by atoms with Gasteiger partial charge in [-0.15, -0.1) is 0 Å². The largest absolute Gasteiger partial charge is 0.494 e. The van der Waals surface area contributed by atoms with E-state index >= 15 is 0 Å². The van der Waals surface area contributed by atoms with Crippen LogP contribution in [0.1, 0.15) is 70.9 Å². The smallest absolute Gasteiger partial charge is 0.343 e. The van der Waals surface area contributed by atoms with Crippen LogP contribution in [-0.2, 0) is 22.4 Å². The zero-order chi connectivity index (χ0) is 33.4. The molecule has 4 aromatic carbocycles. The molecule has 2 amide bonds. The molecule has 244 valence electrons. The molecule has 0 bridgehead atoms. The zero-order valence-electron chi connectivity index (χ0n) is 26.4. The maximum atomic E-state index is 12.8. The molecule has 0 fully saturated rings. The van der Waals surface area contributed by atoms with E-state index in [0.717, 1.165) is 18.4 Å². The van der Waals surface area contributed by atoms with E-state index in [9.17, 15) is 24.3 Å². The average Bonchev–Trinajstić information content (AvgIpc) is 3.07. The Morgan fingerprint density at radius 2 is 1.34 bits per heavy atom. The molecule has 9 nitrogen and oxygen atoms in total. The maximum Gasteiger partial charge on any atom is 0.343 e. The highest BCUT2D eigenvalue weighted by Crippen LogP contribution is 2.18. The number of nitrogens with one attached hydrogen (secondary N) is 2. The lowest BCUT2D eigenvalue weighted by molar-refractivity contribution is -0.139. The van der Waals surface area contributed by atoms with E-state index in [1.807, 2.05) is 30.3 Å². The number of carboxylic acid groups (broad SMARTS) is 1. The fourth-order valence-electron chi connectivity index (χ4n) is 4.81. The number of ether oxygens (including phenoxy) is 2. The monoisotopic (exact) mass is 636 g/mol. The van der Waals surface area contributed by atoms with E-state index in [0.29, 0.717) is 34.9 Å². The highest BCUT2D eigenvalue weighted by Gasteiger charge is 2.21. The molecule has 4 rings (SSSR count). The predicted molar refractivity (Wildman–Crippen MR) is 180 cm³/mol. The lowest BCUT2D eigenvalue weighted by Crippen LogP contribution is -2.42. The fourth-order valence-corrected chi connectivity index (χ4v) is 4.81. The highest BCUT2D eigenvalue weighted by molar-refractivity contribution is 5.98. The first-order valence-corrected chi connectivity index (χ1v) is 15.8. The Balaban J connectivity index is 1.24. The van der Waals surface area contributed by atoms with Crippen molar-refractivity contribution >= 4 is 29.4 Å². The van der Waals surface area contributed by atoms with Gasteiger partial charge in [0.25, 0.3) is 5.91 Å². The Kier molecular flexibility index (Phi) is 13.1. The van der Waals surface area contributed by atoms with Gasteiger partial charge in [0.2, 0.25) is 5.91 Å². The molecule has 0 aliphatic rings. The summed E-state index contributed by atoms with van der Waals surface area (Å²) in [5, 5.41) is 15.1. The van der Waals surface area contributed by atoms with Crippen LogP contribution in [0.4, 0.5) is 5.69 Å². The minimum atomic E-state index is -1.20. The van der Waals surface area contributed by atoms with Crippen LogP contribution in [0.3, 0.4) is 0 Å². The summed E-state index contributed by atoms with van der Waals surface area (Å²) in [6, 6.07) is 27.6. The van der Waals surface area contributed by atoms with E-state index in [-0.39, 0.29) is 24.3 Å². The first kappa shape index (κ1) is 34.4. The molecule has 0 aliphatic carbocycles. The number of rotatable bonds is 17. The van der Waals surface area contributed by atoms with Crippen molar-refractivity contribution in [2.75, 3.05) is 11.9 Å². The molecule has 0 saturated heterocycles. The van der Waals surface area contributed by atoms with E-state index in [4.69, 9.17) is 9.47 Å². The summed E-state index contributed by atoms with van der Waals surface area (Å²) in [7, 11) is 0. The quantitative estimate of drug-likeness (QED) is 0.0656. The standard InChI is InChI=1S/C38H40N2O7/c1-2-3-4-5-9-24-46-32-22-16-30(17-23-32)38(45)47-33-20-12-28(13-21-33)25-34(37(43)44)40-36(42)29-14-18-31(19-15-29)39-35(41)26-27-10-7-6-8-11-27/h6-8,10-23,34H,2-5,9,24-26H2,1H3,(H,39,41)(H,40,42)(H,43,44). The number of hydrogen-bond acceptors (Lipinski definition) is 6. The second kappa shape index (κ2) is 17.9. The van der Waals surface area contributed by atoms with Crippen LogP contribution in [0.2, 0.25) is 0 Å². The number of benzene rings is 4. The van der Waals surface area contributed by atoms with Crippen LogP contribution in [0, 0.1) is 0 Å². The summed E-state index contributed by atoms with van der Waals surface area (Å²) in [6.07, 6.45) is 6.00. The predicted octanol–water partition coefficient (Wildman–Crippen LogP) is 6.86. The van der Waals surface area contributed by atoms with Gasteiger partial charge in [0.05, 0.1) is 18.6 Å². The molecule has 0 radical (unpaired) electrons. The van der Waals surface area contributed by atoms with Gasteiger partial charge in [0, 0.05) is 17.7 Å². The molecule has 0 saturated carbocycles. The Labute approximate surface area is 274 Å². The Bertz CT molecular complexity index is 1600. The van der Waals surface area contributed by atoms with Crippen LogP contribution in [0.5, 0.6) is 11.5 Å². The van der Waals surface area contributed by atoms with Gasteiger partial charge in [-0.25, -0.2) is 9.59 Å². The van der Waals surface area contributed by atoms with Gasteiger partial charge in [-0.2, -0.15) is 0 Å². The molecule has 1 unspecified atom stereocenters. The van der Waals surface area contributed by atoms with E-state index in [2.05, 4.69) is 17.6 Å². The fraction of sp³-hybridized carbons (Fsp3) is 0.263. The molecule has 47 heavy (non-hydrogen) atoms. The average molecular weight is 637 g/mol. The van der Waals surface area contributed by atoms with Gasteiger partial charge in [0.1, 0.15) is 17.5 Å². The van der Waals surface area contributed by atoms with Gasteiger partial charge < -0.3 is 25.2 Å². The van der Waals surface area contributed by atoms with Gasteiger partial charge in [-0.05, 0) is 78.2 Å². The second-order valence-electron chi connectivity index (χ2n) is 11.2. The first-order chi connectivity index (χ1) is 22.8. The summed E-state index contributed by atoms with van der Waals surface area (Å²) < 4.78 is 11.2. The topological polar surface area (TPSA) is 131 Å². The summed E-state index contributed by atoms with van der Waals surface area (Å²) in [5.41, 5.74) is 2.66. The van der Waals surface area contributed by atoms with Crippen molar-refractivity contribution in [2.45, 2.75) is 57.9 Å². The molecule has 0 spiro atoms. The molecule has 0 heterocycles. The molecule has 0 aromatic heterocycles. The van der Waals surface area contributed by atoms with Crippen LogP contribution in [-0.4, -0.2) is 41.5 Å². The second-order valence-corrected chi connectivity index (χ2v) is 11.2. The first-order valence-electron chi connectivity index (χ1n) is 15.8. The van der Waals surface area contributed by atoms with Crippen molar-refractivity contribution in [1.82, 2.24) is 5.32 Å². The molecule has 4 aromatic rings. The van der Waals surface area contributed by atoms with Gasteiger partial charge in [-0.3, -0.25) is 9.59 Å². The van der Waals surface area contributed by atoms with Crippen LogP contribution < -0.4 is 20.1 Å². The molecule has 0 aliphatic heterocycles. The molecule has 1 atom stereocenters. The van der Waals surface area contributed by atoms with Gasteiger partial charge in [0.15, 0.2) is 0 Å². The normalized spacial score (nSPS) is 11.3. The van der Waals surface area contributed by atoms with Crippen LogP contribution in [0.25, 0.3) is 0 Å². The number of amides is 2. The maximum absolute atomic E-state index is 12.8. The van der Waals surface area contributed by atoms with Gasteiger partial charge >= 0.3 is 11.9 Å². The van der Waals surface area contributed by atoms with E-state index in [1.54, 1.807) is 60.7 Å². The highest BCUT2D eigenvalue weighted by atomic mass is 16.5. The lowest BCUT2D eigenvalue weighted by atomic mass is 10.0. The number of unbranched alkanes of at least 4 members (excludes halogenated alkanes) is 4. The van der Waals surface area contributed by atoms with Crippen molar-refractivity contribution in [1.29, 1.82) is 0 Å². The number of hydrogen-bond donors (Lipinski definition) is 3. The number of aliphatic carboxylic acids is 1. The number of carbonyl (C=O) groups is 4. The molecular weight excluding hydrogens is 596 g/mol. The summed E-state index contributed by atoms with van der Waals surface area (Å²) in [4.78, 5) is 49.7. The Morgan fingerprint density at radius 1 is 0.702 bits per heavy atom. The van der Waals surface area contributed by atoms with Crippen molar-refractivity contribution in [2.24, 2.45) is 0 Å². The van der Waals surface area contributed by atoms with Crippen molar-refractivity contribution in [3.8, 4) is 11.5 Å². The van der Waals surface area contributed by atoms with Crippen molar-refractivity contribution in [3.63, 3.8) is 0 Å². The van der Waals surface area contributed by atoms with Crippen LogP contribution in [0.15, 0.2) is 103 Å². The minimum Gasteiger partial charge on any atom is -0.494 e.